The fraction of sp³-hybridized carbons (Fsp3) is 0.923. The van der Waals surface area contributed by atoms with E-state index in [4.69, 9.17) is 10.5 Å². The summed E-state index contributed by atoms with van der Waals surface area (Å²) in [5, 5.41) is 3.03. The van der Waals surface area contributed by atoms with Crippen LogP contribution in [0, 0.1) is 0 Å². The van der Waals surface area contributed by atoms with E-state index < -0.39 is 5.54 Å². The number of rotatable bonds is 10. The average molecular weight is 259 g/mol. The Morgan fingerprint density at radius 2 is 2.00 bits per heavy atom. The first-order valence-electron chi connectivity index (χ1n) is 6.66. The summed E-state index contributed by atoms with van der Waals surface area (Å²) >= 11 is 0. The molecule has 0 heterocycles. The van der Waals surface area contributed by atoms with Crippen molar-refractivity contribution in [2.24, 2.45) is 5.73 Å². The Morgan fingerprint density at radius 3 is 2.33 bits per heavy atom. The normalized spacial score (nSPS) is 15.1. The quantitative estimate of drug-likeness (QED) is 0.602. The molecule has 0 aliphatic rings. The highest BCUT2D eigenvalue weighted by molar-refractivity contribution is 5.84. The van der Waals surface area contributed by atoms with E-state index >= 15 is 0 Å². The van der Waals surface area contributed by atoms with Crippen LogP contribution in [0.2, 0.25) is 0 Å². The number of carbonyl (C=O) groups is 1. The van der Waals surface area contributed by atoms with E-state index in [0.29, 0.717) is 19.2 Å². The molecule has 0 aliphatic carbocycles. The number of nitrogens with two attached hydrogens (primary N) is 1. The molecule has 108 valence electrons. The lowest BCUT2D eigenvalue weighted by Crippen LogP contribution is -2.60. The van der Waals surface area contributed by atoms with Crippen molar-refractivity contribution in [1.29, 1.82) is 0 Å². The molecular weight excluding hydrogens is 230 g/mol. The van der Waals surface area contributed by atoms with Crippen LogP contribution in [0.5, 0.6) is 0 Å². The molecule has 1 amide bonds. The van der Waals surface area contributed by atoms with E-state index in [9.17, 15) is 4.79 Å². The number of methoxy groups -OCH3 is 1. The third-order valence-electron chi connectivity index (χ3n) is 3.66. The number of likely N-dealkylation sites (N-methyl/N-ethyl adjacent to an activating group) is 1. The van der Waals surface area contributed by atoms with Gasteiger partial charge in [-0.1, -0.05) is 13.8 Å². The number of amides is 1. The Kier molecular flexibility index (Phi) is 8.15. The lowest BCUT2D eigenvalue weighted by atomic mass is 9.99. The molecule has 0 radical (unpaired) electrons. The van der Waals surface area contributed by atoms with E-state index in [1.165, 1.54) is 0 Å². The molecular formula is C13H29N3O2. The number of nitrogens with zero attached hydrogens (tertiary/aromatic N) is 1. The van der Waals surface area contributed by atoms with Gasteiger partial charge < -0.3 is 15.8 Å². The molecule has 18 heavy (non-hydrogen) atoms. The third-order valence-corrected chi connectivity index (χ3v) is 3.66. The second kappa shape index (κ2) is 8.45. The maximum absolute atomic E-state index is 11.6. The van der Waals surface area contributed by atoms with Crippen molar-refractivity contribution >= 4 is 5.91 Å². The number of ether oxygens (including phenoxy) is 1. The number of carbonyl (C=O) groups excluding carboxylic acids is 1. The summed E-state index contributed by atoms with van der Waals surface area (Å²) in [6.45, 7) is 8.25. The summed E-state index contributed by atoms with van der Waals surface area (Å²) in [7, 11) is 3.46. The van der Waals surface area contributed by atoms with Crippen LogP contribution in [-0.4, -0.2) is 56.2 Å². The maximum Gasteiger partial charge on any atom is 0.238 e. The Bertz CT molecular complexity index is 244. The number of primary amides is 1. The molecule has 5 nitrogen and oxygen atoms in total. The molecule has 0 aromatic heterocycles. The van der Waals surface area contributed by atoms with Crippen LogP contribution in [0.25, 0.3) is 0 Å². The van der Waals surface area contributed by atoms with Gasteiger partial charge in [0.2, 0.25) is 5.91 Å². The first kappa shape index (κ1) is 17.4. The van der Waals surface area contributed by atoms with Crippen molar-refractivity contribution in [2.45, 2.75) is 45.2 Å². The van der Waals surface area contributed by atoms with E-state index in [-0.39, 0.29) is 5.91 Å². The summed E-state index contributed by atoms with van der Waals surface area (Å²) in [6.07, 6.45) is 2.11. The summed E-state index contributed by atoms with van der Waals surface area (Å²) in [6, 6.07) is 0.451. The topological polar surface area (TPSA) is 67.6 Å². The second-order valence-electron chi connectivity index (χ2n) is 4.88. The Hall–Kier alpha value is -0.650. The monoisotopic (exact) mass is 259 g/mol. The molecule has 0 aromatic carbocycles. The van der Waals surface area contributed by atoms with Gasteiger partial charge in [-0.05, 0) is 26.8 Å². The van der Waals surface area contributed by atoms with Gasteiger partial charge in [0.25, 0.3) is 0 Å². The van der Waals surface area contributed by atoms with Gasteiger partial charge in [0.1, 0.15) is 5.54 Å². The minimum Gasteiger partial charge on any atom is -0.383 e. The standard InChI is InChI=1S/C13H29N3O2/c1-6-11(7-2)16(8-9-18-5)10-13(3,15-4)12(14)17/h11,15H,6-10H2,1-5H3,(H2,14,17). The van der Waals surface area contributed by atoms with Crippen molar-refractivity contribution in [3.8, 4) is 0 Å². The second-order valence-corrected chi connectivity index (χ2v) is 4.88. The van der Waals surface area contributed by atoms with Gasteiger partial charge in [-0.2, -0.15) is 0 Å². The van der Waals surface area contributed by atoms with Gasteiger partial charge in [-0.3, -0.25) is 9.69 Å². The number of hydrogen-bond donors (Lipinski definition) is 2. The van der Waals surface area contributed by atoms with Crippen molar-refractivity contribution in [2.75, 3.05) is 33.9 Å². The minimum absolute atomic E-state index is 0.321. The number of nitrogens with one attached hydrogen (secondary N) is 1. The first-order valence-corrected chi connectivity index (χ1v) is 6.66. The molecule has 0 aliphatic heterocycles. The highest BCUT2D eigenvalue weighted by atomic mass is 16.5. The molecule has 0 saturated heterocycles. The Balaban J connectivity index is 4.79. The van der Waals surface area contributed by atoms with Crippen LogP contribution in [0.15, 0.2) is 0 Å². The average Bonchev–Trinajstić information content (AvgIpc) is 2.36. The maximum atomic E-state index is 11.6. The van der Waals surface area contributed by atoms with Gasteiger partial charge in [-0.25, -0.2) is 0 Å². The molecule has 0 spiro atoms. The van der Waals surface area contributed by atoms with E-state index in [2.05, 4.69) is 24.1 Å². The lowest BCUT2D eigenvalue weighted by molar-refractivity contribution is -0.124. The van der Waals surface area contributed by atoms with Gasteiger partial charge in [0.15, 0.2) is 0 Å². The van der Waals surface area contributed by atoms with E-state index in [1.54, 1.807) is 14.2 Å². The van der Waals surface area contributed by atoms with Crippen molar-refractivity contribution < 1.29 is 9.53 Å². The Morgan fingerprint density at radius 1 is 1.44 bits per heavy atom. The highest BCUT2D eigenvalue weighted by Gasteiger charge is 2.33. The summed E-state index contributed by atoms with van der Waals surface area (Å²) in [5.41, 5.74) is 4.78. The zero-order valence-corrected chi connectivity index (χ0v) is 12.5. The molecule has 1 atom stereocenters. The van der Waals surface area contributed by atoms with Crippen LogP contribution < -0.4 is 11.1 Å². The zero-order valence-electron chi connectivity index (χ0n) is 12.5. The Labute approximate surface area is 111 Å². The van der Waals surface area contributed by atoms with E-state index in [1.807, 2.05) is 6.92 Å². The third kappa shape index (κ3) is 4.92. The molecule has 0 rings (SSSR count). The van der Waals surface area contributed by atoms with Crippen LogP contribution in [0.1, 0.15) is 33.6 Å². The summed E-state index contributed by atoms with van der Waals surface area (Å²) < 4.78 is 5.14. The molecule has 0 bridgehead atoms. The van der Waals surface area contributed by atoms with Crippen LogP contribution >= 0.6 is 0 Å². The van der Waals surface area contributed by atoms with Crippen LogP contribution in [0.4, 0.5) is 0 Å². The lowest BCUT2D eigenvalue weighted by Gasteiger charge is -2.37. The highest BCUT2D eigenvalue weighted by Crippen LogP contribution is 2.13. The van der Waals surface area contributed by atoms with Gasteiger partial charge in [0, 0.05) is 26.2 Å². The fourth-order valence-corrected chi connectivity index (χ4v) is 2.09. The number of hydrogen-bond acceptors (Lipinski definition) is 4. The molecule has 0 saturated carbocycles. The van der Waals surface area contributed by atoms with Crippen molar-refractivity contribution in [3.63, 3.8) is 0 Å². The molecule has 3 N–H and O–H groups in total. The predicted octanol–water partition coefficient (Wildman–Crippen LogP) is 0.587. The van der Waals surface area contributed by atoms with Crippen LogP contribution in [-0.2, 0) is 9.53 Å². The van der Waals surface area contributed by atoms with Crippen LogP contribution in [0.3, 0.4) is 0 Å². The predicted molar refractivity (Wildman–Crippen MR) is 74.5 cm³/mol. The molecule has 0 aromatic rings. The van der Waals surface area contributed by atoms with E-state index in [0.717, 1.165) is 19.4 Å². The van der Waals surface area contributed by atoms with Crippen molar-refractivity contribution in [1.82, 2.24) is 10.2 Å². The van der Waals surface area contributed by atoms with Crippen molar-refractivity contribution in [3.05, 3.63) is 0 Å². The zero-order chi connectivity index (χ0) is 14.2. The SMILES string of the molecule is CCC(CC)N(CCOC)CC(C)(NC)C(N)=O. The minimum atomic E-state index is -0.698. The molecule has 1 unspecified atom stereocenters. The summed E-state index contributed by atoms with van der Waals surface area (Å²) in [5.74, 6) is -0.321. The fourth-order valence-electron chi connectivity index (χ4n) is 2.09. The molecule has 5 heteroatoms. The first-order chi connectivity index (χ1) is 8.45. The van der Waals surface area contributed by atoms with Gasteiger partial charge >= 0.3 is 0 Å². The summed E-state index contributed by atoms with van der Waals surface area (Å²) in [4.78, 5) is 13.8. The smallest absolute Gasteiger partial charge is 0.238 e. The van der Waals surface area contributed by atoms with Gasteiger partial charge in [-0.15, -0.1) is 0 Å². The molecule has 0 fully saturated rings. The van der Waals surface area contributed by atoms with Gasteiger partial charge in [0.05, 0.1) is 6.61 Å². The largest absolute Gasteiger partial charge is 0.383 e.